The second kappa shape index (κ2) is 7.78. The summed E-state index contributed by atoms with van der Waals surface area (Å²) in [6, 6.07) is -0.281. The average molecular weight is 297 g/mol. The van der Waals surface area contributed by atoms with Crippen LogP contribution < -0.4 is 5.73 Å². The van der Waals surface area contributed by atoms with Gasteiger partial charge in [0.1, 0.15) is 6.04 Å². The Hall–Kier alpha value is -1.10. The van der Waals surface area contributed by atoms with Crippen LogP contribution in [-0.2, 0) is 9.59 Å². The molecule has 0 aromatic carbocycles. The average Bonchev–Trinajstić information content (AvgIpc) is 2.46. The van der Waals surface area contributed by atoms with Crippen LogP contribution in [0.5, 0.6) is 0 Å². The fourth-order valence-electron chi connectivity index (χ4n) is 2.88. The van der Waals surface area contributed by atoms with Gasteiger partial charge in [-0.05, 0) is 37.6 Å². The molecule has 0 radical (unpaired) electrons. The van der Waals surface area contributed by atoms with Crippen LogP contribution in [0, 0.1) is 5.41 Å². The van der Waals surface area contributed by atoms with E-state index in [9.17, 15) is 9.59 Å². The molecule has 21 heavy (non-hydrogen) atoms. The fourth-order valence-corrected chi connectivity index (χ4v) is 2.88. The number of carbonyl (C=O) groups is 2. The van der Waals surface area contributed by atoms with E-state index in [1.54, 1.807) is 9.80 Å². The van der Waals surface area contributed by atoms with E-state index in [0.29, 0.717) is 26.1 Å². The van der Waals surface area contributed by atoms with E-state index in [2.05, 4.69) is 13.8 Å². The number of nitrogens with two attached hydrogens (primary N) is 1. The van der Waals surface area contributed by atoms with Gasteiger partial charge in [-0.25, -0.2) is 0 Å². The van der Waals surface area contributed by atoms with E-state index < -0.39 is 0 Å². The van der Waals surface area contributed by atoms with Crippen LogP contribution >= 0.6 is 0 Å². The Morgan fingerprint density at radius 1 is 1.33 bits per heavy atom. The van der Waals surface area contributed by atoms with Crippen LogP contribution in [0.3, 0.4) is 0 Å². The van der Waals surface area contributed by atoms with Crippen molar-refractivity contribution in [3.63, 3.8) is 0 Å². The maximum atomic E-state index is 12.7. The molecule has 1 rings (SSSR count). The number of likely N-dealkylation sites (tertiary alicyclic amines) is 1. The van der Waals surface area contributed by atoms with E-state index in [1.165, 1.54) is 0 Å². The Balaban J connectivity index is 2.74. The third kappa shape index (κ3) is 4.99. The Kier molecular flexibility index (Phi) is 6.65. The number of hydrogen-bond donors (Lipinski definition) is 1. The van der Waals surface area contributed by atoms with Crippen molar-refractivity contribution in [3.05, 3.63) is 0 Å². The molecule has 0 saturated carbocycles. The summed E-state index contributed by atoms with van der Waals surface area (Å²) in [5.41, 5.74) is 5.65. The summed E-state index contributed by atoms with van der Waals surface area (Å²) < 4.78 is 0. The van der Waals surface area contributed by atoms with Crippen molar-refractivity contribution in [2.75, 3.05) is 26.7 Å². The van der Waals surface area contributed by atoms with E-state index in [0.717, 1.165) is 25.7 Å². The van der Waals surface area contributed by atoms with Gasteiger partial charge in [0, 0.05) is 26.6 Å². The molecule has 5 nitrogen and oxygen atoms in total. The second-order valence-corrected chi connectivity index (χ2v) is 6.91. The number of hydrogen-bond acceptors (Lipinski definition) is 3. The maximum absolute atomic E-state index is 12.7. The lowest BCUT2D eigenvalue weighted by atomic mass is 9.92. The predicted octanol–water partition coefficient (Wildman–Crippen LogP) is 1.61. The SMILES string of the molecule is CCCC(=O)N1CCCCC1C(=O)N(C)CC(C)(C)CN. The third-order valence-electron chi connectivity index (χ3n) is 4.17. The highest BCUT2D eigenvalue weighted by Crippen LogP contribution is 2.22. The van der Waals surface area contributed by atoms with Gasteiger partial charge in [0.05, 0.1) is 0 Å². The molecular weight excluding hydrogens is 266 g/mol. The number of amides is 2. The van der Waals surface area contributed by atoms with Crippen molar-refractivity contribution in [1.29, 1.82) is 0 Å². The zero-order chi connectivity index (χ0) is 16.0. The highest BCUT2D eigenvalue weighted by Gasteiger charge is 2.34. The Bertz CT molecular complexity index is 369. The first-order valence-corrected chi connectivity index (χ1v) is 8.07. The van der Waals surface area contributed by atoms with Crippen LogP contribution in [0.2, 0.25) is 0 Å². The van der Waals surface area contributed by atoms with E-state index in [4.69, 9.17) is 5.73 Å². The molecule has 5 heteroatoms. The number of likely N-dealkylation sites (N-methyl/N-ethyl adjacent to an activating group) is 1. The third-order valence-corrected chi connectivity index (χ3v) is 4.17. The molecule has 1 heterocycles. The normalized spacial score (nSPS) is 19.5. The van der Waals surface area contributed by atoms with Gasteiger partial charge in [0.2, 0.25) is 11.8 Å². The molecule has 1 fully saturated rings. The Morgan fingerprint density at radius 3 is 2.57 bits per heavy atom. The minimum absolute atomic E-state index is 0.0562. The minimum Gasteiger partial charge on any atom is -0.343 e. The van der Waals surface area contributed by atoms with Crippen molar-refractivity contribution < 1.29 is 9.59 Å². The summed E-state index contributed by atoms with van der Waals surface area (Å²) >= 11 is 0. The van der Waals surface area contributed by atoms with Crippen LogP contribution in [0.15, 0.2) is 0 Å². The van der Waals surface area contributed by atoms with E-state index >= 15 is 0 Å². The molecule has 122 valence electrons. The van der Waals surface area contributed by atoms with Crippen LogP contribution in [-0.4, -0.2) is 54.3 Å². The molecule has 0 aliphatic carbocycles. The van der Waals surface area contributed by atoms with Gasteiger partial charge >= 0.3 is 0 Å². The van der Waals surface area contributed by atoms with E-state index in [-0.39, 0.29) is 23.3 Å². The standard InChI is InChI=1S/C16H31N3O2/c1-5-8-14(20)19-10-7-6-9-13(19)15(21)18(4)12-16(2,3)11-17/h13H,5-12,17H2,1-4H3. The van der Waals surface area contributed by atoms with Gasteiger partial charge in [-0.2, -0.15) is 0 Å². The molecular formula is C16H31N3O2. The quantitative estimate of drug-likeness (QED) is 0.810. The van der Waals surface area contributed by atoms with Crippen molar-refractivity contribution in [3.8, 4) is 0 Å². The molecule has 1 aliphatic heterocycles. The molecule has 1 unspecified atom stereocenters. The topological polar surface area (TPSA) is 66.6 Å². The summed E-state index contributed by atoms with van der Waals surface area (Å²) in [4.78, 5) is 28.5. The summed E-state index contributed by atoms with van der Waals surface area (Å²) in [5, 5.41) is 0. The first-order valence-electron chi connectivity index (χ1n) is 8.07. The van der Waals surface area contributed by atoms with Crippen molar-refractivity contribution in [2.24, 2.45) is 11.1 Å². The largest absolute Gasteiger partial charge is 0.343 e. The first-order chi connectivity index (χ1) is 9.82. The summed E-state index contributed by atoms with van der Waals surface area (Å²) in [7, 11) is 1.82. The van der Waals surface area contributed by atoms with Crippen LogP contribution in [0.4, 0.5) is 0 Å². The van der Waals surface area contributed by atoms with Crippen LogP contribution in [0.1, 0.15) is 52.9 Å². The fraction of sp³-hybridized carbons (Fsp3) is 0.875. The molecule has 1 atom stereocenters. The lowest BCUT2D eigenvalue weighted by molar-refractivity contribution is -0.147. The second-order valence-electron chi connectivity index (χ2n) is 6.91. The number of carbonyl (C=O) groups excluding carboxylic acids is 2. The monoisotopic (exact) mass is 297 g/mol. The lowest BCUT2D eigenvalue weighted by Gasteiger charge is -2.38. The van der Waals surface area contributed by atoms with Gasteiger partial charge in [0.25, 0.3) is 0 Å². The van der Waals surface area contributed by atoms with Gasteiger partial charge in [-0.1, -0.05) is 20.8 Å². The van der Waals surface area contributed by atoms with Gasteiger partial charge in [0.15, 0.2) is 0 Å². The highest BCUT2D eigenvalue weighted by molar-refractivity contribution is 5.87. The Labute approximate surface area is 128 Å². The highest BCUT2D eigenvalue weighted by atomic mass is 16.2. The summed E-state index contributed by atoms with van der Waals surface area (Å²) in [6.45, 7) is 7.97. The number of nitrogens with zero attached hydrogens (tertiary/aromatic N) is 2. The van der Waals surface area contributed by atoms with Gasteiger partial charge in [-0.3, -0.25) is 9.59 Å². The molecule has 0 bridgehead atoms. The van der Waals surface area contributed by atoms with Crippen LogP contribution in [0.25, 0.3) is 0 Å². The smallest absolute Gasteiger partial charge is 0.245 e. The van der Waals surface area contributed by atoms with Crippen molar-refractivity contribution in [2.45, 2.75) is 58.9 Å². The first kappa shape index (κ1) is 18.0. The number of rotatable bonds is 6. The van der Waals surface area contributed by atoms with Gasteiger partial charge in [-0.15, -0.1) is 0 Å². The molecule has 1 aliphatic rings. The Morgan fingerprint density at radius 2 is 2.00 bits per heavy atom. The molecule has 0 aromatic heterocycles. The zero-order valence-corrected chi connectivity index (χ0v) is 14.0. The lowest BCUT2D eigenvalue weighted by Crippen LogP contribution is -2.53. The number of piperidine rings is 1. The molecule has 2 N–H and O–H groups in total. The van der Waals surface area contributed by atoms with Gasteiger partial charge < -0.3 is 15.5 Å². The zero-order valence-electron chi connectivity index (χ0n) is 14.0. The maximum Gasteiger partial charge on any atom is 0.245 e. The minimum atomic E-state index is -0.281. The molecule has 2 amide bonds. The van der Waals surface area contributed by atoms with Crippen molar-refractivity contribution >= 4 is 11.8 Å². The van der Waals surface area contributed by atoms with Crippen molar-refractivity contribution in [1.82, 2.24) is 9.80 Å². The predicted molar refractivity (Wildman–Crippen MR) is 84.7 cm³/mol. The molecule has 0 aromatic rings. The summed E-state index contributed by atoms with van der Waals surface area (Å²) in [5.74, 6) is 0.169. The van der Waals surface area contributed by atoms with E-state index in [1.807, 2.05) is 14.0 Å². The summed E-state index contributed by atoms with van der Waals surface area (Å²) in [6.07, 6.45) is 4.15. The molecule has 1 saturated heterocycles. The molecule has 0 spiro atoms.